The van der Waals surface area contributed by atoms with Gasteiger partial charge in [-0.15, -0.1) is 0 Å². The van der Waals surface area contributed by atoms with Gasteiger partial charge in [0.25, 0.3) is 0 Å². The highest BCUT2D eigenvalue weighted by molar-refractivity contribution is 5.61. The summed E-state index contributed by atoms with van der Waals surface area (Å²) in [5.74, 6) is 0.904. The lowest BCUT2D eigenvalue weighted by Crippen LogP contribution is -2.40. The lowest BCUT2D eigenvalue weighted by atomic mass is 9.74. The average Bonchev–Trinajstić information content (AvgIpc) is 2.40. The fourth-order valence-electron chi connectivity index (χ4n) is 2.75. The molecule has 0 spiro atoms. The second-order valence-corrected chi connectivity index (χ2v) is 5.00. The number of piperidine rings is 1. The van der Waals surface area contributed by atoms with E-state index in [2.05, 4.69) is 28.7 Å². The predicted molar refractivity (Wildman–Crippen MR) is 70.9 cm³/mol. The number of nitrogen functional groups attached to an aromatic ring is 1. The molecule has 4 nitrogen and oxygen atoms in total. The van der Waals surface area contributed by atoms with Crippen LogP contribution in [0.5, 0.6) is 0 Å². The first-order chi connectivity index (χ1) is 8.21. The Bertz CT molecular complexity index is 363. The van der Waals surface area contributed by atoms with Crippen LogP contribution < -0.4 is 10.6 Å². The minimum absolute atomic E-state index is 0.540. The van der Waals surface area contributed by atoms with Crippen LogP contribution in [0.15, 0.2) is 12.5 Å². The topological polar surface area (TPSA) is 55.0 Å². The molecule has 2 rings (SSSR count). The van der Waals surface area contributed by atoms with Crippen LogP contribution in [0, 0.1) is 5.41 Å². The van der Waals surface area contributed by atoms with Gasteiger partial charge in [-0.05, 0) is 18.3 Å². The molecule has 4 heteroatoms. The third-order valence-corrected chi connectivity index (χ3v) is 4.34. The Morgan fingerprint density at radius 2 is 1.94 bits per heavy atom. The van der Waals surface area contributed by atoms with E-state index >= 15 is 0 Å². The fourth-order valence-corrected chi connectivity index (χ4v) is 2.75. The zero-order valence-electron chi connectivity index (χ0n) is 10.8. The molecule has 2 heterocycles. The smallest absolute Gasteiger partial charge is 0.155 e. The fraction of sp³-hybridized carbons (Fsp3) is 0.692. The predicted octanol–water partition coefficient (Wildman–Crippen LogP) is 2.47. The molecule has 1 fully saturated rings. The van der Waals surface area contributed by atoms with Gasteiger partial charge in [0.05, 0.1) is 11.9 Å². The maximum atomic E-state index is 5.92. The van der Waals surface area contributed by atoms with Crippen LogP contribution in [-0.4, -0.2) is 23.1 Å². The molecule has 1 aliphatic heterocycles. The molecule has 94 valence electrons. The second-order valence-electron chi connectivity index (χ2n) is 5.00. The Morgan fingerprint density at radius 1 is 1.29 bits per heavy atom. The third kappa shape index (κ3) is 2.35. The van der Waals surface area contributed by atoms with Crippen molar-refractivity contribution in [3.05, 3.63) is 12.5 Å². The summed E-state index contributed by atoms with van der Waals surface area (Å²) in [6, 6.07) is 0. The SMILES string of the molecule is CCC1(CC)CCN(c2ncncc2N)CC1. The number of rotatable bonds is 3. The summed E-state index contributed by atoms with van der Waals surface area (Å²) in [6.07, 6.45) is 8.29. The summed E-state index contributed by atoms with van der Waals surface area (Å²) in [4.78, 5) is 10.5. The maximum Gasteiger partial charge on any atom is 0.155 e. The van der Waals surface area contributed by atoms with E-state index in [4.69, 9.17) is 5.73 Å². The molecular formula is C13H22N4. The van der Waals surface area contributed by atoms with Crippen LogP contribution in [0.4, 0.5) is 11.5 Å². The van der Waals surface area contributed by atoms with E-state index in [0.717, 1.165) is 18.9 Å². The zero-order valence-corrected chi connectivity index (χ0v) is 10.8. The second kappa shape index (κ2) is 4.90. The van der Waals surface area contributed by atoms with Crippen LogP contribution in [0.3, 0.4) is 0 Å². The Morgan fingerprint density at radius 3 is 2.47 bits per heavy atom. The minimum Gasteiger partial charge on any atom is -0.394 e. The summed E-state index contributed by atoms with van der Waals surface area (Å²) in [5.41, 5.74) is 7.15. The first-order valence-corrected chi connectivity index (χ1v) is 6.51. The Hall–Kier alpha value is -1.32. The maximum absolute atomic E-state index is 5.92. The van der Waals surface area contributed by atoms with Crippen molar-refractivity contribution in [2.24, 2.45) is 5.41 Å². The third-order valence-electron chi connectivity index (χ3n) is 4.34. The van der Waals surface area contributed by atoms with Crippen molar-refractivity contribution in [2.45, 2.75) is 39.5 Å². The summed E-state index contributed by atoms with van der Waals surface area (Å²) in [6.45, 7) is 6.72. The highest BCUT2D eigenvalue weighted by Gasteiger charge is 2.31. The van der Waals surface area contributed by atoms with Gasteiger partial charge in [0, 0.05) is 13.1 Å². The quantitative estimate of drug-likeness (QED) is 0.873. The van der Waals surface area contributed by atoms with E-state index in [1.54, 1.807) is 12.5 Å². The molecule has 0 radical (unpaired) electrons. The number of hydrogen-bond acceptors (Lipinski definition) is 4. The Balaban J connectivity index is 2.07. The van der Waals surface area contributed by atoms with E-state index in [1.807, 2.05) is 0 Å². The van der Waals surface area contributed by atoms with Gasteiger partial charge in [-0.25, -0.2) is 9.97 Å². The van der Waals surface area contributed by atoms with Gasteiger partial charge in [-0.2, -0.15) is 0 Å². The van der Waals surface area contributed by atoms with Gasteiger partial charge in [0.1, 0.15) is 6.33 Å². The van der Waals surface area contributed by atoms with Crippen LogP contribution in [-0.2, 0) is 0 Å². The Labute approximate surface area is 103 Å². The van der Waals surface area contributed by atoms with Crippen molar-refractivity contribution < 1.29 is 0 Å². The number of nitrogens with zero attached hydrogens (tertiary/aromatic N) is 3. The van der Waals surface area contributed by atoms with Gasteiger partial charge in [0.15, 0.2) is 5.82 Å². The van der Waals surface area contributed by atoms with Crippen molar-refractivity contribution in [3.63, 3.8) is 0 Å². The first-order valence-electron chi connectivity index (χ1n) is 6.51. The Kier molecular flexibility index (Phi) is 3.50. The number of anilines is 2. The molecule has 0 bridgehead atoms. The van der Waals surface area contributed by atoms with Crippen LogP contribution >= 0.6 is 0 Å². The van der Waals surface area contributed by atoms with Crippen LogP contribution in [0.2, 0.25) is 0 Å². The molecule has 1 saturated heterocycles. The van der Waals surface area contributed by atoms with Crippen molar-refractivity contribution in [2.75, 3.05) is 23.7 Å². The molecular weight excluding hydrogens is 212 g/mol. The monoisotopic (exact) mass is 234 g/mol. The molecule has 0 amide bonds. The highest BCUT2D eigenvalue weighted by atomic mass is 15.2. The molecule has 1 aliphatic rings. The molecule has 0 aromatic carbocycles. The average molecular weight is 234 g/mol. The zero-order chi connectivity index (χ0) is 12.3. The molecule has 0 unspecified atom stereocenters. The van der Waals surface area contributed by atoms with E-state index in [-0.39, 0.29) is 0 Å². The normalized spacial score (nSPS) is 19.3. The highest BCUT2D eigenvalue weighted by Crippen LogP contribution is 2.39. The van der Waals surface area contributed by atoms with Crippen LogP contribution in [0.1, 0.15) is 39.5 Å². The summed E-state index contributed by atoms with van der Waals surface area (Å²) >= 11 is 0. The lowest BCUT2D eigenvalue weighted by molar-refractivity contribution is 0.199. The summed E-state index contributed by atoms with van der Waals surface area (Å²) in [5, 5.41) is 0. The van der Waals surface area contributed by atoms with E-state index < -0.39 is 0 Å². The molecule has 1 aromatic heterocycles. The molecule has 1 aromatic rings. The van der Waals surface area contributed by atoms with Crippen LogP contribution in [0.25, 0.3) is 0 Å². The van der Waals surface area contributed by atoms with Crippen molar-refractivity contribution in [3.8, 4) is 0 Å². The minimum atomic E-state index is 0.540. The number of aromatic nitrogens is 2. The number of hydrogen-bond donors (Lipinski definition) is 1. The molecule has 2 N–H and O–H groups in total. The standard InChI is InChI=1S/C13H22N4/c1-3-13(4-2)5-7-17(8-6-13)12-11(14)9-15-10-16-12/h9-10H,3-8,14H2,1-2H3. The summed E-state index contributed by atoms with van der Waals surface area (Å²) in [7, 11) is 0. The van der Waals surface area contributed by atoms with Gasteiger partial charge in [-0.3, -0.25) is 0 Å². The van der Waals surface area contributed by atoms with E-state index in [0.29, 0.717) is 11.1 Å². The lowest BCUT2D eigenvalue weighted by Gasteiger charge is -2.41. The van der Waals surface area contributed by atoms with Crippen molar-refractivity contribution >= 4 is 11.5 Å². The van der Waals surface area contributed by atoms with Gasteiger partial charge >= 0.3 is 0 Å². The molecule has 0 atom stereocenters. The summed E-state index contributed by atoms with van der Waals surface area (Å²) < 4.78 is 0. The van der Waals surface area contributed by atoms with Crippen molar-refractivity contribution in [1.82, 2.24) is 9.97 Å². The molecule has 0 saturated carbocycles. The molecule has 0 aliphatic carbocycles. The van der Waals surface area contributed by atoms with E-state index in [1.165, 1.54) is 25.7 Å². The molecule has 17 heavy (non-hydrogen) atoms. The van der Waals surface area contributed by atoms with Gasteiger partial charge in [-0.1, -0.05) is 26.7 Å². The van der Waals surface area contributed by atoms with Gasteiger partial charge < -0.3 is 10.6 Å². The van der Waals surface area contributed by atoms with Gasteiger partial charge in [0.2, 0.25) is 0 Å². The van der Waals surface area contributed by atoms with Crippen molar-refractivity contribution in [1.29, 1.82) is 0 Å². The van der Waals surface area contributed by atoms with E-state index in [9.17, 15) is 0 Å². The largest absolute Gasteiger partial charge is 0.394 e. The first kappa shape index (κ1) is 12.1. The number of nitrogens with two attached hydrogens (primary N) is 1.